The van der Waals surface area contributed by atoms with Crippen molar-refractivity contribution in [2.45, 2.75) is 6.54 Å². The first-order chi connectivity index (χ1) is 6.34. The molecular formula is C9H13ClN2S. The lowest BCUT2D eigenvalue weighted by Crippen LogP contribution is -2.46. The highest BCUT2D eigenvalue weighted by atomic mass is 35.5. The third-order valence-electron chi connectivity index (χ3n) is 2.23. The summed E-state index contributed by atoms with van der Waals surface area (Å²) in [4.78, 5) is 1.32. The highest BCUT2D eigenvalue weighted by Gasteiger charge is 2.15. The van der Waals surface area contributed by atoms with E-state index in [9.17, 15) is 0 Å². The molecule has 1 aromatic rings. The molecular weight excluding hydrogens is 204 g/mol. The lowest BCUT2D eigenvalue weighted by molar-refractivity contribution is 0.331. The minimum Gasteiger partial charge on any atom is -0.316 e. The van der Waals surface area contributed by atoms with E-state index in [0.29, 0.717) is 0 Å². The van der Waals surface area contributed by atoms with Crippen LogP contribution >= 0.6 is 22.9 Å². The third-order valence-corrected chi connectivity index (χ3v) is 3.46. The molecule has 1 aromatic heterocycles. The highest BCUT2D eigenvalue weighted by Crippen LogP contribution is 2.20. The molecule has 1 aliphatic heterocycles. The maximum atomic E-state index is 5.82. The lowest BCUT2D eigenvalue weighted by atomic mass is 10.0. The van der Waals surface area contributed by atoms with Crippen molar-refractivity contribution in [2.24, 2.45) is 5.92 Å². The van der Waals surface area contributed by atoms with Crippen molar-refractivity contribution < 1.29 is 0 Å². The monoisotopic (exact) mass is 216 g/mol. The molecule has 1 fully saturated rings. The number of thiophene rings is 1. The molecule has 0 bridgehead atoms. The first kappa shape index (κ1) is 9.46. The molecule has 0 spiro atoms. The second-order valence-electron chi connectivity index (χ2n) is 3.36. The van der Waals surface area contributed by atoms with Gasteiger partial charge in [0.25, 0.3) is 0 Å². The van der Waals surface area contributed by atoms with Crippen molar-refractivity contribution >= 4 is 22.9 Å². The molecule has 0 aromatic carbocycles. The predicted molar refractivity (Wildman–Crippen MR) is 57.4 cm³/mol. The largest absolute Gasteiger partial charge is 0.316 e. The van der Waals surface area contributed by atoms with Crippen LogP contribution in [0.1, 0.15) is 4.88 Å². The zero-order valence-corrected chi connectivity index (χ0v) is 8.92. The number of nitrogens with one attached hydrogen (secondary N) is 2. The Morgan fingerprint density at radius 2 is 2.38 bits per heavy atom. The van der Waals surface area contributed by atoms with Crippen LogP contribution in [0, 0.1) is 5.92 Å². The average Bonchev–Trinajstić information content (AvgIpc) is 2.42. The van der Waals surface area contributed by atoms with E-state index >= 15 is 0 Å². The SMILES string of the molecule is Clc1ccc(CNCC2CNC2)s1. The summed E-state index contributed by atoms with van der Waals surface area (Å²) in [6.07, 6.45) is 0. The van der Waals surface area contributed by atoms with Gasteiger partial charge in [0.15, 0.2) is 0 Å². The van der Waals surface area contributed by atoms with Crippen LogP contribution < -0.4 is 10.6 Å². The second-order valence-corrected chi connectivity index (χ2v) is 5.16. The normalized spacial score (nSPS) is 17.3. The Hall–Kier alpha value is -0.0900. The van der Waals surface area contributed by atoms with Gasteiger partial charge >= 0.3 is 0 Å². The molecule has 0 atom stereocenters. The van der Waals surface area contributed by atoms with Gasteiger partial charge in [0.05, 0.1) is 4.34 Å². The molecule has 72 valence electrons. The van der Waals surface area contributed by atoms with Gasteiger partial charge < -0.3 is 10.6 Å². The van der Waals surface area contributed by atoms with Crippen LogP contribution in [-0.2, 0) is 6.54 Å². The van der Waals surface area contributed by atoms with Crippen molar-refractivity contribution in [3.8, 4) is 0 Å². The molecule has 4 heteroatoms. The third kappa shape index (κ3) is 2.68. The van der Waals surface area contributed by atoms with Crippen molar-refractivity contribution in [2.75, 3.05) is 19.6 Å². The van der Waals surface area contributed by atoms with Gasteiger partial charge in [0.2, 0.25) is 0 Å². The summed E-state index contributed by atoms with van der Waals surface area (Å²) in [5.74, 6) is 0.829. The molecule has 2 N–H and O–H groups in total. The Kier molecular flexibility index (Phi) is 3.22. The Bertz CT molecular complexity index is 270. The molecule has 2 rings (SSSR count). The minimum atomic E-state index is 0.829. The molecule has 0 radical (unpaired) electrons. The highest BCUT2D eigenvalue weighted by molar-refractivity contribution is 7.16. The Balaban J connectivity index is 1.67. The van der Waals surface area contributed by atoms with Crippen molar-refractivity contribution in [3.63, 3.8) is 0 Å². The molecule has 1 aliphatic rings. The van der Waals surface area contributed by atoms with E-state index in [1.807, 2.05) is 6.07 Å². The maximum Gasteiger partial charge on any atom is 0.0931 e. The first-order valence-corrected chi connectivity index (χ1v) is 5.69. The van der Waals surface area contributed by atoms with E-state index in [2.05, 4.69) is 16.7 Å². The van der Waals surface area contributed by atoms with Crippen molar-refractivity contribution in [3.05, 3.63) is 21.3 Å². The maximum absolute atomic E-state index is 5.82. The fraction of sp³-hybridized carbons (Fsp3) is 0.556. The van der Waals surface area contributed by atoms with Crippen LogP contribution in [0.5, 0.6) is 0 Å². The fourth-order valence-electron chi connectivity index (χ4n) is 1.34. The van der Waals surface area contributed by atoms with Gasteiger partial charge in [-0.1, -0.05) is 11.6 Å². The molecule has 0 saturated carbocycles. The summed E-state index contributed by atoms with van der Waals surface area (Å²) in [5.41, 5.74) is 0. The summed E-state index contributed by atoms with van der Waals surface area (Å²) in [6, 6.07) is 4.03. The predicted octanol–water partition coefficient (Wildman–Crippen LogP) is 1.71. The van der Waals surface area contributed by atoms with Gasteiger partial charge in [-0.25, -0.2) is 0 Å². The molecule has 0 amide bonds. The number of hydrogen-bond donors (Lipinski definition) is 2. The van der Waals surface area contributed by atoms with Gasteiger partial charge in [0, 0.05) is 31.1 Å². The minimum absolute atomic E-state index is 0.829. The molecule has 0 aliphatic carbocycles. The Morgan fingerprint density at radius 3 is 2.92 bits per heavy atom. The summed E-state index contributed by atoms with van der Waals surface area (Å²) in [5, 5.41) is 6.68. The second kappa shape index (κ2) is 4.42. The quantitative estimate of drug-likeness (QED) is 0.801. The smallest absolute Gasteiger partial charge is 0.0931 e. The van der Waals surface area contributed by atoms with Crippen LogP contribution in [-0.4, -0.2) is 19.6 Å². The van der Waals surface area contributed by atoms with Crippen molar-refractivity contribution in [1.82, 2.24) is 10.6 Å². The van der Waals surface area contributed by atoms with Crippen LogP contribution in [0.4, 0.5) is 0 Å². The molecule has 13 heavy (non-hydrogen) atoms. The van der Waals surface area contributed by atoms with E-state index in [1.54, 1.807) is 11.3 Å². The molecule has 2 heterocycles. The zero-order chi connectivity index (χ0) is 9.10. The van der Waals surface area contributed by atoms with E-state index < -0.39 is 0 Å². The van der Waals surface area contributed by atoms with Crippen molar-refractivity contribution in [1.29, 1.82) is 0 Å². The average molecular weight is 217 g/mol. The summed E-state index contributed by atoms with van der Waals surface area (Å²) >= 11 is 7.47. The first-order valence-electron chi connectivity index (χ1n) is 4.50. The van der Waals surface area contributed by atoms with Gasteiger partial charge in [-0.2, -0.15) is 0 Å². The van der Waals surface area contributed by atoms with Gasteiger partial charge in [0.1, 0.15) is 0 Å². The lowest BCUT2D eigenvalue weighted by Gasteiger charge is -2.27. The number of rotatable bonds is 4. The molecule has 2 nitrogen and oxygen atoms in total. The summed E-state index contributed by atoms with van der Waals surface area (Å²) < 4.78 is 0.877. The topological polar surface area (TPSA) is 24.1 Å². The van der Waals surface area contributed by atoms with E-state index in [1.165, 1.54) is 4.88 Å². The standard InChI is InChI=1S/C9H13ClN2S/c10-9-2-1-8(13-9)6-12-5-7-3-11-4-7/h1-2,7,11-12H,3-6H2. The van der Waals surface area contributed by atoms with Gasteiger partial charge in [-0.15, -0.1) is 11.3 Å². The number of halogens is 1. The Morgan fingerprint density at radius 1 is 1.54 bits per heavy atom. The van der Waals surface area contributed by atoms with Crippen LogP contribution in [0.25, 0.3) is 0 Å². The van der Waals surface area contributed by atoms with Crippen LogP contribution in [0.15, 0.2) is 12.1 Å². The van der Waals surface area contributed by atoms with E-state index in [4.69, 9.17) is 11.6 Å². The zero-order valence-electron chi connectivity index (χ0n) is 7.35. The van der Waals surface area contributed by atoms with Gasteiger partial charge in [-0.05, 0) is 18.1 Å². The van der Waals surface area contributed by atoms with E-state index in [-0.39, 0.29) is 0 Å². The van der Waals surface area contributed by atoms with Crippen LogP contribution in [0.2, 0.25) is 4.34 Å². The molecule has 1 saturated heterocycles. The van der Waals surface area contributed by atoms with Gasteiger partial charge in [-0.3, -0.25) is 0 Å². The summed E-state index contributed by atoms with van der Waals surface area (Å²) in [6.45, 7) is 4.40. The van der Waals surface area contributed by atoms with E-state index in [0.717, 1.165) is 36.4 Å². The summed E-state index contributed by atoms with van der Waals surface area (Å²) in [7, 11) is 0. The fourth-order valence-corrected chi connectivity index (χ4v) is 2.40. The van der Waals surface area contributed by atoms with Crippen LogP contribution in [0.3, 0.4) is 0 Å². The molecule has 0 unspecified atom stereocenters. The number of hydrogen-bond acceptors (Lipinski definition) is 3. The Labute approximate surface area is 87.3 Å².